The summed E-state index contributed by atoms with van der Waals surface area (Å²) >= 11 is 0. The normalized spacial score (nSPS) is 12.4. The third-order valence-electron chi connectivity index (χ3n) is 6.93. The molecule has 220 valence electrons. The van der Waals surface area contributed by atoms with Crippen LogP contribution in [-0.2, 0) is 42.1 Å². The molecule has 0 saturated heterocycles. The summed E-state index contributed by atoms with van der Waals surface area (Å²) in [6.07, 6.45) is 2.15. The smallest absolute Gasteiger partial charge is 0.312 e. The lowest BCUT2D eigenvalue weighted by Gasteiger charge is -2.13. The van der Waals surface area contributed by atoms with Gasteiger partial charge in [0.15, 0.2) is 0 Å². The van der Waals surface area contributed by atoms with Crippen LogP contribution in [0.5, 0.6) is 5.75 Å². The molecule has 0 amide bonds. The van der Waals surface area contributed by atoms with E-state index >= 15 is 0 Å². The fourth-order valence-electron chi connectivity index (χ4n) is 4.65. The number of carboxylic acid groups (broad SMARTS) is 1. The number of hydrogen-bond acceptors (Lipinski definition) is 5. The third-order valence-corrected chi connectivity index (χ3v) is 6.93. The second kappa shape index (κ2) is 14.4. The molecule has 4 rings (SSSR count). The summed E-state index contributed by atoms with van der Waals surface area (Å²) in [6, 6.07) is 23.9. The monoisotopic (exact) mass is 571 g/mol. The van der Waals surface area contributed by atoms with E-state index in [0.717, 1.165) is 41.0 Å². The molecule has 0 aliphatic rings. The molecule has 7 nitrogen and oxygen atoms in total. The highest BCUT2D eigenvalue weighted by Crippen LogP contribution is 2.20. The first-order chi connectivity index (χ1) is 20.2. The zero-order valence-electron chi connectivity index (χ0n) is 24.6. The van der Waals surface area contributed by atoms with Gasteiger partial charge in [-0.05, 0) is 91.3 Å². The van der Waals surface area contributed by atoms with Gasteiger partial charge in [0, 0.05) is 5.69 Å². The van der Waals surface area contributed by atoms with Crippen LogP contribution in [0.2, 0.25) is 0 Å². The van der Waals surface area contributed by atoms with E-state index in [9.17, 15) is 14.3 Å². The van der Waals surface area contributed by atoms with Gasteiger partial charge in [-0.2, -0.15) is 5.10 Å². The number of nitrogens with zero attached hydrogens (tertiary/aromatic N) is 3. The molecule has 42 heavy (non-hydrogen) atoms. The van der Waals surface area contributed by atoms with Crippen molar-refractivity contribution in [3.63, 3.8) is 0 Å². The van der Waals surface area contributed by atoms with E-state index in [1.807, 2.05) is 28.9 Å². The molecule has 0 radical (unpaired) electrons. The first kappa shape index (κ1) is 30.5. The minimum Gasteiger partial charge on any atom is -0.487 e. The van der Waals surface area contributed by atoms with Gasteiger partial charge in [0.25, 0.3) is 0 Å². The Kier molecular flexibility index (Phi) is 10.5. The summed E-state index contributed by atoms with van der Waals surface area (Å²) < 4.78 is 21.0. The van der Waals surface area contributed by atoms with Gasteiger partial charge in [-0.1, -0.05) is 62.3 Å². The van der Waals surface area contributed by atoms with Gasteiger partial charge < -0.3 is 14.7 Å². The minimum atomic E-state index is -0.987. The van der Waals surface area contributed by atoms with E-state index in [1.165, 1.54) is 17.7 Å². The molecule has 0 bridgehead atoms. The molecule has 0 saturated carbocycles. The third kappa shape index (κ3) is 8.52. The number of aryl methyl sites for hydroxylation is 1. The number of halogens is 1. The van der Waals surface area contributed by atoms with Gasteiger partial charge in [0.1, 0.15) is 36.4 Å². The van der Waals surface area contributed by atoms with E-state index in [0.29, 0.717) is 24.0 Å². The number of oxime groups is 1. The van der Waals surface area contributed by atoms with Gasteiger partial charge in [0.05, 0.1) is 11.4 Å². The van der Waals surface area contributed by atoms with Crippen LogP contribution in [0.25, 0.3) is 5.69 Å². The summed E-state index contributed by atoms with van der Waals surface area (Å²) in [4.78, 5) is 17.3. The maximum atomic E-state index is 13.1. The Morgan fingerprint density at radius 2 is 1.55 bits per heavy atom. The fraction of sp³-hybridized carbons (Fsp3) is 0.324. The lowest BCUT2D eigenvalue weighted by Crippen LogP contribution is -2.24. The topological polar surface area (TPSA) is 85.9 Å². The van der Waals surface area contributed by atoms with Crippen LogP contribution < -0.4 is 4.74 Å². The second-order valence-electron chi connectivity index (χ2n) is 10.8. The Morgan fingerprint density at radius 3 is 2.17 bits per heavy atom. The number of rotatable bonds is 14. The van der Waals surface area contributed by atoms with E-state index < -0.39 is 11.9 Å². The first-order valence-electron chi connectivity index (χ1n) is 14.2. The molecular formula is C34H38FN3O4. The molecule has 0 aliphatic carbocycles. The number of aliphatic carboxylic acids is 1. The highest BCUT2D eigenvalue weighted by Gasteiger charge is 2.22. The SMILES string of the molecule is CCc1cc(COc2ccc(CC(C(=O)O)C(C)=NOCc3ccc(F)cc3)cc2)nn1-c1ccc(CC(C)C)cc1. The zero-order valence-corrected chi connectivity index (χ0v) is 24.6. The van der Waals surface area contributed by atoms with Crippen molar-refractivity contribution in [2.24, 2.45) is 17.0 Å². The summed E-state index contributed by atoms with van der Waals surface area (Å²) in [5.41, 5.74) is 6.22. The summed E-state index contributed by atoms with van der Waals surface area (Å²) in [5.74, 6) is -0.884. The second-order valence-corrected chi connectivity index (χ2v) is 10.8. The van der Waals surface area contributed by atoms with Crippen molar-refractivity contribution < 1.29 is 23.9 Å². The number of ether oxygens (including phenoxy) is 1. The first-order valence-corrected chi connectivity index (χ1v) is 14.2. The lowest BCUT2D eigenvalue weighted by molar-refractivity contribution is -0.139. The van der Waals surface area contributed by atoms with Gasteiger partial charge in [-0.3, -0.25) is 4.79 Å². The largest absolute Gasteiger partial charge is 0.487 e. The highest BCUT2D eigenvalue weighted by atomic mass is 19.1. The molecular weight excluding hydrogens is 533 g/mol. The van der Waals surface area contributed by atoms with Crippen molar-refractivity contribution in [1.29, 1.82) is 0 Å². The van der Waals surface area contributed by atoms with Gasteiger partial charge >= 0.3 is 5.97 Å². The van der Waals surface area contributed by atoms with E-state index in [4.69, 9.17) is 14.7 Å². The van der Waals surface area contributed by atoms with Crippen LogP contribution in [0.1, 0.15) is 55.8 Å². The maximum absolute atomic E-state index is 13.1. The molecule has 1 N–H and O–H groups in total. The Hall–Kier alpha value is -4.46. The van der Waals surface area contributed by atoms with Crippen LogP contribution in [0.4, 0.5) is 4.39 Å². The molecule has 3 aromatic carbocycles. The molecule has 1 atom stereocenters. The lowest BCUT2D eigenvalue weighted by atomic mass is 9.95. The molecule has 0 fully saturated rings. The number of benzene rings is 3. The average Bonchev–Trinajstić information content (AvgIpc) is 3.39. The molecule has 0 aliphatic heterocycles. The van der Waals surface area contributed by atoms with E-state index in [2.05, 4.69) is 56.3 Å². The molecule has 1 unspecified atom stereocenters. The van der Waals surface area contributed by atoms with E-state index in [-0.39, 0.29) is 18.8 Å². The highest BCUT2D eigenvalue weighted by molar-refractivity contribution is 6.00. The Balaban J connectivity index is 1.34. The van der Waals surface area contributed by atoms with Crippen molar-refractivity contribution in [1.82, 2.24) is 9.78 Å². The van der Waals surface area contributed by atoms with Gasteiger partial charge in [0.2, 0.25) is 0 Å². The van der Waals surface area contributed by atoms with Crippen LogP contribution in [0.15, 0.2) is 84.0 Å². The summed E-state index contributed by atoms with van der Waals surface area (Å²) in [7, 11) is 0. The quantitative estimate of drug-likeness (QED) is 0.128. The van der Waals surface area contributed by atoms with Crippen molar-refractivity contribution >= 4 is 11.7 Å². The molecule has 0 spiro atoms. The van der Waals surface area contributed by atoms with Crippen molar-refractivity contribution in [2.75, 3.05) is 0 Å². The van der Waals surface area contributed by atoms with Gasteiger partial charge in [-0.25, -0.2) is 9.07 Å². The summed E-state index contributed by atoms with van der Waals surface area (Å²) in [5, 5.41) is 18.6. The van der Waals surface area contributed by atoms with Crippen LogP contribution in [-0.4, -0.2) is 26.6 Å². The van der Waals surface area contributed by atoms with Gasteiger partial charge in [-0.15, -0.1) is 0 Å². The Bertz CT molecular complexity index is 1480. The number of carbonyl (C=O) groups is 1. The van der Waals surface area contributed by atoms with Crippen molar-refractivity contribution in [3.8, 4) is 11.4 Å². The van der Waals surface area contributed by atoms with Crippen LogP contribution in [0.3, 0.4) is 0 Å². The fourth-order valence-corrected chi connectivity index (χ4v) is 4.65. The molecule has 1 heterocycles. The Morgan fingerprint density at radius 1 is 0.929 bits per heavy atom. The molecule has 4 aromatic rings. The number of carboxylic acids is 1. The predicted molar refractivity (Wildman–Crippen MR) is 161 cm³/mol. The average molecular weight is 572 g/mol. The van der Waals surface area contributed by atoms with Crippen LogP contribution in [0, 0.1) is 17.7 Å². The van der Waals surface area contributed by atoms with Crippen molar-refractivity contribution in [2.45, 2.75) is 60.2 Å². The van der Waals surface area contributed by atoms with E-state index in [1.54, 1.807) is 19.1 Å². The van der Waals surface area contributed by atoms with Crippen molar-refractivity contribution in [3.05, 3.63) is 113 Å². The summed E-state index contributed by atoms with van der Waals surface area (Å²) in [6.45, 7) is 8.62. The minimum absolute atomic E-state index is 0.124. The Labute approximate surface area is 246 Å². The maximum Gasteiger partial charge on any atom is 0.312 e. The molecule has 8 heteroatoms. The molecule has 1 aromatic heterocycles. The number of hydrogen-bond donors (Lipinski definition) is 1. The standard InChI is InChI=1S/C34H38FN3O4/c1-5-30-20-29(36-38(30)31-14-8-25(9-15-31)18-23(2)3)22-41-32-16-10-26(11-17-32)19-33(34(39)40)24(4)37-42-21-27-6-12-28(35)13-7-27/h6-17,20,23,33H,5,18-19,21-22H2,1-4H3,(H,39,40). The zero-order chi connectivity index (χ0) is 30.1. The van der Waals surface area contributed by atoms with Crippen LogP contribution >= 0.6 is 0 Å². The predicted octanol–water partition coefficient (Wildman–Crippen LogP) is 7.19. The number of aromatic nitrogens is 2.